The van der Waals surface area contributed by atoms with Gasteiger partial charge >= 0.3 is 5.97 Å². The molecule has 8 N–H and O–H groups in total. The van der Waals surface area contributed by atoms with Gasteiger partial charge in [-0.1, -0.05) is 90.4 Å². The van der Waals surface area contributed by atoms with E-state index in [2.05, 4.69) is 54.5 Å². The topological polar surface area (TPSA) is 244 Å². The molecule has 400 valence electrons. The van der Waals surface area contributed by atoms with Crippen LogP contribution in [0.15, 0.2) is 42.0 Å². The lowest BCUT2D eigenvalue weighted by atomic mass is 9.33. The molecule has 3 saturated heterocycles. The van der Waals surface area contributed by atoms with Crippen molar-refractivity contribution in [2.45, 2.75) is 225 Å². The summed E-state index contributed by atoms with van der Waals surface area (Å²) in [4.78, 5) is 14.6. The Morgan fingerprint density at radius 3 is 1.89 bits per heavy atom. The molecule has 16 heteroatoms. The lowest BCUT2D eigenvalue weighted by molar-refractivity contribution is -0.393. The van der Waals surface area contributed by atoms with E-state index in [-0.39, 0.29) is 40.7 Å². The van der Waals surface area contributed by atoms with Crippen molar-refractivity contribution in [2.75, 3.05) is 6.61 Å². The highest BCUT2D eigenvalue weighted by Crippen LogP contribution is 2.76. The molecule has 8 aliphatic rings. The van der Waals surface area contributed by atoms with Gasteiger partial charge in [0.05, 0.1) is 30.3 Å². The summed E-state index contributed by atoms with van der Waals surface area (Å²) >= 11 is 0. The summed E-state index contributed by atoms with van der Waals surface area (Å²) in [6, 6.07) is 9.95. The fourth-order valence-corrected chi connectivity index (χ4v) is 16.1. The zero-order valence-electron chi connectivity index (χ0n) is 43.2. The van der Waals surface area contributed by atoms with Gasteiger partial charge < -0.3 is 74.0 Å². The Hall–Kier alpha value is -2.13. The summed E-state index contributed by atoms with van der Waals surface area (Å²) in [5.74, 6) is 1.39. The quantitative estimate of drug-likeness (QED) is 0.0927. The Kier molecular flexibility index (Phi) is 15.0. The first kappa shape index (κ1) is 53.7. The van der Waals surface area contributed by atoms with E-state index >= 15 is 0 Å². The van der Waals surface area contributed by atoms with Crippen LogP contribution >= 0.6 is 0 Å². The summed E-state index contributed by atoms with van der Waals surface area (Å²) < 4.78 is 43.7. The van der Waals surface area contributed by atoms with Crippen molar-refractivity contribution in [3.63, 3.8) is 0 Å². The molecule has 16 nitrogen and oxygen atoms in total. The SMILES string of the molecule is C[C@H]1[C@H](C)CC[C@]2(C(=O)OCc3ccccc3)CC[C@]3(C)C(=CC[C@@H]4[C@@]5(C)CC[C@@H](O[C@@H]6O[C@H](CO)[C@@H](O[C@@H]7O[C@@H](C)[C@H](O)[C@@H](O)[C@H]7O)[C@H](O)[C@H]6O[C@@H]6O[C@@H](C)[C@H](O)[C@@H](O)[C@H]6O)C(C)(C)[C@@H]5CC[C@]43C)[C@H]12. The number of hydrogen-bond acceptors (Lipinski definition) is 16. The van der Waals surface area contributed by atoms with E-state index in [1.165, 1.54) is 19.4 Å². The largest absolute Gasteiger partial charge is 0.460 e. The third-order valence-corrected chi connectivity index (χ3v) is 20.8. The van der Waals surface area contributed by atoms with Gasteiger partial charge in [-0.05, 0) is 128 Å². The number of aliphatic hydroxyl groups is 8. The monoisotopic (exact) mass is 1000 g/mol. The first-order chi connectivity index (χ1) is 33.4. The highest BCUT2D eigenvalue weighted by atomic mass is 16.8. The number of benzene rings is 1. The normalized spacial score (nSPS) is 51.7. The molecule has 3 heterocycles. The first-order valence-corrected chi connectivity index (χ1v) is 26.7. The summed E-state index contributed by atoms with van der Waals surface area (Å²) in [6.45, 7) is 19.3. The predicted octanol–water partition coefficient (Wildman–Crippen LogP) is 4.28. The summed E-state index contributed by atoms with van der Waals surface area (Å²) in [7, 11) is 0. The van der Waals surface area contributed by atoms with Crippen LogP contribution in [0.1, 0.15) is 126 Å². The molecule has 5 aliphatic carbocycles. The molecule has 0 unspecified atom stereocenters. The molecule has 1 aromatic rings. The highest BCUT2D eigenvalue weighted by molar-refractivity contribution is 5.79. The van der Waals surface area contributed by atoms with Crippen molar-refractivity contribution in [2.24, 2.45) is 56.7 Å². The lowest BCUT2D eigenvalue weighted by Gasteiger charge is -2.71. The van der Waals surface area contributed by atoms with Crippen LogP contribution in [0.25, 0.3) is 0 Å². The molecule has 0 amide bonds. The Balaban J connectivity index is 0.975. The average molecular weight is 1000 g/mol. The van der Waals surface area contributed by atoms with Gasteiger partial charge in [0.2, 0.25) is 0 Å². The molecule has 3 aliphatic heterocycles. The van der Waals surface area contributed by atoms with Crippen LogP contribution in [0.4, 0.5) is 0 Å². The molecule has 71 heavy (non-hydrogen) atoms. The van der Waals surface area contributed by atoms with Crippen molar-refractivity contribution < 1.29 is 78.8 Å². The van der Waals surface area contributed by atoms with Gasteiger partial charge in [-0.3, -0.25) is 4.79 Å². The number of carbonyl (C=O) groups excluding carboxylic acids is 1. The molecule has 0 bridgehead atoms. The van der Waals surface area contributed by atoms with Crippen molar-refractivity contribution in [3.8, 4) is 0 Å². The number of hydrogen-bond donors (Lipinski definition) is 8. The van der Waals surface area contributed by atoms with E-state index in [1.807, 2.05) is 30.3 Å². The molecule has 0 spiro atoms. The summed E-state index contributed by atoms with van der Waals surface area (Å²) in [5.41, 5.74) is 1.16. The molecule has 0 aromatic heterocycles. The average Bonchev–Trinajstić information content (AvgIpc) is 3.34. The molecule has 4 saturated carbocycles. The highest BCUT2D eigenvalue weighted by Gasteiger charge is 2.70. The molecule has 1 aromatic carbocycles. The van der Waals surface area contributed by atoms with Crippen molar-refractivity contribution in [1.29, 1.82) is 0 Å². The number of carbonyl (C=O) groups is 1. The van der Waals surface area contributed by atoms with Gasteiger partial charge in [0.15, 0.2) is 18.9 Å². The number of fused-ring (bicyclic) bond motifs is 7. The van der Waals surface area contributed by atoms with Crippen LogP contribution in [-0.2, 0) is 44.6 Å². The summed E-state index contributed by atoms with van der Waals surface area (Å²) in [5, 5.41) is 87.1. The fraction of sp³-hybridized carbons (Fsp3) is 0.836. The van der Waals surface area contributed by atoms with E-state index < -0.39 is 116 Å². The van der Waals surface area contributed by atoms with Crippen LogP contribution in [0.2, 0.25) is 0 Å². The lowest BCUT2D eigenvalue weighted by Crippen LogP contribution is -2.68. The van der Waals surface area contributed by atoms with E-state index in [0.717, 1.165) is 56.9 Å². The van der Waals surface area contributed by atoms with Crippen molar-refractivity contribution in [1.82, 2.24) is 0 Å². The van der Waals surface area contributed by atoms with Crippen LogP contribution in [0, 0.1) is 56.7 Å². The maximum Gasteiger partial charge on any atom is 0.313 e. The predicted molar refractivity (Wildman–Crippen MR) is 256 cm³/mol. The minimum Gasteiger partial charge on any atom is -0.460 e. The number of ether oxygens (including phenoxy) is 7. The van der Waals surface area contributed by atoms with Crippen molar-refractivity contribution >= 4 is 5.97 Å². The molecule has 0 radical (unpaired) electrons. The Labute approximate surface area is 419 Å². The summed E-state index contributed by atoms with van der Waals surface area (Å²) in [6.07, 6.45) is -11.9. The molecule has 25 atom stereocenters. The van der Waals surface area contributed by atoms with Gasteiger partial charge in [0.1, 0.15) is 67.6 Å². The maximum atomic E-state index is 14.6. The number of esters is 1. The fourth-order valence-electron chi connectivity index (χ4n) is 16.1. The van der Waals surface area contributed by atoms with Gasteiger partial charge in [0, 0.05) is 0 Å². The Bertz CT molecular complexity index is 2070. The number of rotatable bonds is 10. The van der Waals surface area contributed by atoms with E-state index in [0.29, 0.717) is 24.2 Å². The second kappa shape index (κ2) is 19.8. The van der Waals surface area contributed by atoms with Crippen LogP contribution in [0.5, 0.6) is 0 Å². The van der Waals surface area contributed by atoms with Crippen LogP contribution in [0.3, 0.4) is 0 Å². The zero-order chi connectivity index (χ0) is 51.3. The van der Waals surface area contributed by atoms with Gasteiger partial charge in [-0.15, -0.1) is 0 Å². The molecular weight excluding hydrogens is 917 g/mol. The second-order valence-corrected chi connectivity index (χ2v) is 24.6. The van der Waals surface area contributed by atoms with Gasteiger partial charge in [0.25, 0.3) is 0 Å². The first-order valence-electron chi connectivity index (χ1n) is 26.7. The third-order valence-electron chi connectivity index (χ3n) is 20.8. The maximum absolute atomic E-state index is 14.6. The van der Waals surface area contributed by atoms with Crippen LogP contribution in [-0.4, -0.2) is 152 Å². The molecule has 9 rings (SSSR count). The van der Waals surface area contributed by atoms with E-state index in [9.17, 15) is 45.6 Å². The van der Waals surface area contributed by atoms with Gasteiger partial charge in [-0.2, -0.15) is 0 Å². The van der Waals surface area contributed by atoms with E-state index in [1.54, 1.807) is 0 Å². The van der Waals surface area contributed by atoms with Gasteiger partial charge in [-0.25, -0.2) is 0 Å². The van der Waals surface area contributed by atoms with Crippen LogP contribution < -0.4 is 0 Å². The Morgan fingerprint density at radius 1 is 0.648 bits per heavy atom. The van der Waals surface area contributed by atoms with E-state index in [4.69, 9.17) is 33.2 Å². The third kappa shape index (κ3) is 8.71. The minimum atomic E-state index is -1.74. The van der Waals surface area contributed by atoms with Crippen molar-refractivity contribution in [3.05, 3.63) is 47.5 Å². The smallest absolute Gasteiger partial charge is 0.313 e. The minimum absolute atomic E-state index is 0.0489. The molecular formula is C55H84O16. The molecule has 7 fully saturated rings. The zero-order valence-corrected chi connectivity index (χ0v) is 43.2. The number of aliphatic hydroxyl groups excluding tert-OH is 8. The standard InChI is InChI=1S/C55H84O16/c1-27-17-22-55(50(64)65-26-31-13-11-10-12-14-31)24-23-53(8)32(37(55)28(27)2)15-16-35-52(7)20-19-36(51(5,6)34(52)18-21-54(35,53)9)69-49-46(71-48-43(62)41(60)39(58)30(4)67-48)44(63)45(33(25-56)68-49)70-47-42(61)40(59)38(57)29(3)66-47/h10-15,27-30,33-49,56-63H,16-26H2,1-9H3/t27-,28+,29+,30+,33-,34+,35-,36-,37+,38+,39+,40-,41-,42-,43-,44+,45-,46-,47+,48+,49+,52+,53-,54-,55+/m1/s1. The Morgan fingerprint density at radius 2 is 1.27 bits per heavy atom. The number of allylic oxidation sites excluding steroid dienone is 2. The second-order valence-electron chi connectivity index (χ2n) is 24.6.